The zero-order valence-corrected chi connectivity index (χ0v) is 18.9. The molecule has 4 rings (SSSR count). The standard InChI is InChI=1S/C22H22N4O3S2/c1-13(30-22-26-25-20(29-22)15-9-6-7-10-17(15)28-2)19(27)24-21-16(12-23)14-8-4-3-5-11-18(14)31-21/h6-7,9-10,13H,3-5,8,11H2,1-2H3,(H,24,27). The minimum Gasteiger partial charge on any atom is -0.496 e. The number of amides is 1. The molecule has 1 aliphatic rings. The van der Waals surface area contributed by atoms with E-state index >= 15 is 0 Å². The lowest BCUT2D eigenvalue weighted by molar-refractivity contribution is -0.115. The maximum Gasteiger partial charge on any atom is 0.277 e. The lowest BCUT2D eigenvalue weighted by Crippen LogP contribution is -2.22. The number of nitrogens with zero attached hydrogens (tertiary/aromatic N) is 3. The molecule has 0 saturated heterocycles. The summed E-state index contributed by atoms with van der Waals surface area (Å²) >= 11 is 2.71. The molecule has 0 bridgehead atoms. The van der Waals surface area contributed by atoms with Gasteiger partial charge in [0.1, 0.15) is 16.8 Å². The highest BCUT2D eigenvalue weighted by molar-refractivity contribution is 8.00. The summed E-state index contributed by atoms with van der Waals surface area (Å²) in [4.78, 5) is 14.0. The summed E-state index contributed by atoms with van der Waals surface area (Å²) < 4.78 is 11.1. The Labute approximate surface area is 188 Å². The predicted octanol–water partition coefficient (Wildman–Crippen LogP) is 5.07. The molecule has 2 aromatic heterocycles. The lowest BCUT2D eigenvalue weighted by Gasteiger charge is -2.09. The van der Waals surface area contributed by atoms with Gasteiger partial charge in [0.25, 0.3) is 11.1 Å². The van der Waals surface area contributed by atoms with Crippen molar-refractivity contribution < 1.29 is 13.9 Å². The van der Waals surface area contributed by atoms with Crippen LogP contribution >= 0.6 is 23.1 Å². The molecule has 3 aromatic rings. The Bertz CT molecular complexity index is 1130. The average Bonchev–Trinajstić information content (AvgIpc) is 3.30. The fraction of sp³-hybridized carbons (Fsp3) is 0.364. The van der Waals surface area contributed by atoms with Crippen LogP contribution in [0.1, 0.15) is 42.2 Å². The third kappa shape index (κ3) is 4.60. The largest absolute Gasteiger partial charge is 0.496 e. The minimum atomic E-state index is -0.473. The van der Waals surface area contributed by atoms with Gasteiger partial charge in [0.2, 0.25) is 5.91 Å². The van der Waals surface area contributed by atoms with Crippen molar-refractivity contribution >= 4 is 34.0 Å². The van der Waals surface area contributed by atoms with Crippen LogP contribution in [-0.2, 0) is 17.6 Å². The van der Waals surface area contributed by atoms with Gasteiger partial charge in [-0.1, -0.05) is 30.3 Å². The number of carbonyl (C=O) groups excluding carboxylic acids is 1. The Morgan fingerprint density at radius 2 is 2.10 bits per heavy atom. The molecule has 1 atom stereocenters. The van der Waals surface area contributed by atoms with Crippen molar-refractivity contribution in [2.45, 2.75) is 49.5 Å². The van der Waals surface area contributed by atoms with Gasteiger partial charge in [-0.05, 0) is 50.3 Å². The number of fused-ring (bicyclic) bond motifs is 1. The Morgan fingerprint density at radius 3 is 2.90 bits per heavy atom. The van der Waals surface area contributed by atoms with Gasteiger partial charge in [-0.3, -0.25) is 4.79 Å². The van der Waals surface area contributed by atoms with Crippen LogP contribution in [0.15, 0.2) is 33.9 Å². The minimum absolute atomic E-state index is 0.199. The number of rotatable bonds is 6. The van der Waals surface area contributed by atoms with E-state index in [1.54, 1.807) is 14.0 Å². The van der Waals surface area contributed by atoms with E-state index in [-0.39, 0.29) is 5.91 Å². The molecule has 1 unspecified atom stereocenters. The van der Waals surface area contributed by atoms with Crippen molar-refractivity contribution in [2.75, 3.05) is 12.4 Å². The number of aromatic nitrogens is 2. The summed E-state index contributed by atoms with van der Waals surface area (Å²) in [6.07, 6.45) is 5.28. The van der Waals surface area contributed by atoms with Crippen LogP contribution in [0.5, 0.6) is 5.75 Å². The first kappa shape index (κ1) is 21.4. The number of benzene rings is 1. The van der Waals surface area contributed by atoms with Crippen LogP contribution in [0.3, 0.4) is 0 Å². The summed E-state index contributed by atoms with van der Waals surface area (Å²) in [5.41, 5.74) is 2.42. The third-order valence-corrected chi connectivity index (χ3v) is 7.30. The number of carbonyl (C=O) groups is 1. The summed E-state index contributed by atoms with van der Waals surface area (Å²) in [6.45, 7) is 1.78. The number of nitriles is 1. The van der Waals surface area contributed by atoms with Gasteiger partial charge < -0.3 is 14.5 Å². The zero-order chi connectivity index (χ0) is 21.8. The molecular weight excluding hydrogens is 432 g/mol. The Hall–Kier alpha value is -2.83. The summed E-state index contributed by atoms with van der Waals surface area (Å²) in [5.74, 6) is 0.770. The van der Waals surface area contributed by atoms with Crippen LogP contribution in [-0.4, -0.2) is 28.5 Å². The maximum absolute atomic E-state index is 12.8. The highest BCUT2D eigenvalue weighted by Crippen LogP contribution is 2.38. The number of hydrogen-bond acceptors (Lipinski definition) is 8. The quantitative estimate of drug-likeness (QED) is 0.410. The molecule has 0 spiro atoms. The van der Waals surface area contributed by atoms with E-state index in [4.69, 9.17) is 9.15 Å². The fourth-order valence-electron chi connectivity index (χ4n) is 3.55. The summed E-state index contributed by atoms with van der Waals surface area (Å²) in [7, 11) is 1.58. The van der Waals surface area contributed by atoms with Crippen LogP contribution in [0.4, 0.5) is 5.00 Å². The van der Waals surface area contributed by atoms with E-state index in [1.807, 2.05) is 24.3 Å². The molecule has 160 valence electrons. The van der Waals surface area contributed by atoms with Crippen molar-refractivity contribution in [1.29, 1.82) is 5.26 Å². The SMILES string of the molecule is COc1ccccc1-c1nnc(SC(C)C(=O)Nc2sc3c(c2C#N)CCCCC3)o1. The van der Waals surface area contributed by atoms with E-state index < -0.39 is 5.25 Å². The number of thiophene rings is 1. The van der Waals surface area contributed by atoms with Crippen molar-refractivity contribution in [2.24, 2.45) is 0 Å². The normalized spacial score (nSPS) is 14.2. The van der Waals surface area contributed by atoms with Gasteiger partial charge in [0.05, 0.1) is 23.5 Å². The molecule has 1 N–H and O–H groups in total. The van der Waals surface area contributed by atoms with Crippen molar-refractivity contribution in [3.05, 3.63) is 40.3 Å². The monoisotopic (exact) mass is 454 g/mol. The number of ether oxygens (including phenoxy) is 1. The molecule has 0 radical (unpaired) electrons. The van der Waals surface area contributed by atoms with E-state index in [1.165, 1.54) is 34.4 Å². The maximum atomic E-state index is 12.8. The van der Waals surface area contributed by atoms with Gasteiger partial charge in [-0.15, -0.1) is 21.5 Å². The molecule has 1 amide bonds. The second-order valence-corrected chi connectivity index (χ2v) is 9.60. The third-order valence-electron chi connectivity index (χ3n) is 5.16. The Balaban J connectivity index is 1.46. The number of methoxy groups -OCH3 is 1. The molecule has 1 aliphatic carbocycles. The van der Waals surface area contributed by atoms with Gasteiger partial charge in [0.15, 0.2) is 0 Å². The fourth-order valence-corrected chi connectivity index (χ4v) is 5.48. The highest BCUT2D eigenvalue weighted by atomic mass is 32.2. The van der Waals surface area contributed by atoms with Crippen molar-refractivity contribution in [3.63, 3.8) is 0 Å². The van der Waals surface area contributed by atoms with Crippen LogP contribution < -0.4 is 10.1 Å². The second kappa shape index (κ2) is 9.54. The molecule has 0 aliphatic heterocycles. The number of hydrogen-bond donors (Lipinski definition) is 1. The van der Waals surface area contributed by atoms with Gasteiger partial charge in [-0.2, -0.15) is 5.26 Å². The highest BCUT2D eigenvalue weighted by Gasteiger charge is 2.24. The number of anilines is 1. The van der Waals surface area contributed by atoms with Crippen LogP contribution in [0, 0.1) is 11.3 Å². The number of aryl methyl sites for hydroxylation is 1. The molecule has 31 heavy (non-hydrogen) atoms. The van der Waals surface area contributed by atoms with Crippen molar-refractivity contribution in [3.8, 4) is 23.3 Å². The van der Waals surface area contributed by atoms with E-state index in [0.29, 0.717) is 33.0 Å². The lowest BCUT2D eigenvalue weighted by atomic mass is 10.1. The molecule has 0 saturated carbocycles. The Morgan fingerprint density at radius 1 is 1.29 bits per heavy atom. The van der Waals surface area contributed by atoms with E-state index in [0.717, 1.165) is 31.2 Å². The molecule has 1 aromatic carbocycles. The smallest absolute Gasteiger partial charge is 0.277 e. The number of nitrogens with one attached hydrogen (secondary N) is 1. The predicted molar refractivity (Wildman–Crippen MR) is 121 cm³/mol. The van der Waals surface area contributed by atoms with Gasteiger partial charge >= 0.3 is 0 Å². The van der Waals surface area contributed by atoms with Crippen LogP contribution in [0.25, 0.3) is 11.5 Å². The van der Waals surface area contributed by atoms with Crippen LogP contribution in [0.2, 0.25) is 0 Å². The van der Waals surface area contributed by atoms with Crippen molar-refractivity contribution in [1.82, 2.24) is 10.2 Å². The molecule has 2 heterocycles. The average molecular weight is 455 g/mol. The molecule has 0 fully saturated rings. The first-order chi connectivity index (χ1) is 15.1. The zero-order valence-electron chi connectivity index (χ0n) is 17.3. The second-order valence-electron chi connectivity index (χ2n) is 7.20. The number of thioether (sulfide) groups is 1. The topological polar surface area (TPSA) is 101 Å². The molecule has 7 nitrogen and oxygen atoms in total. The summed E-state index contributed by atoms with van der Waals surface area (Å²) in [6, 6.07) is 9.67. The van der Waals surface area contributed by atoms with Gasteiger partial charge in [0, 0.05) is 4.88 Å². The molecule has 9 heteroatoms. The van der Waals surface area contributed by atoms with Gasteiger partial charge in [-0.25, -0.2) is 0 Å². The first-order valence-corrected chi connectivity index (χ1v) is 11.8. The molecular formula is C22H22N4O3S2. The van der Waals surface area contributed by atoms with E-state index in [2.05, 4.69) is 21.6 Å². The van der Waals surface area contributed by atoms with E-state index in [9.17, 15) is 10.1 Å². The first-order valence-electron chi connectivity index (χ1n) is 10.1. The Kier molecular flexibility index (Phi) is 6.59. The summed E-state index contributed by atoms with van der Waals surface area (Å²) in [5, 5.41) is 21.2. The number of para-hydroxylation sites is 1.